The molecule has 156 valence electrons. The molecular formula is C23H40O4. The minimum Gasteiger partial charge on any atom is -0.466 e. The predicted octanol–water partition coefficient (Wildman–Crippen LogP) is 5.97. The predicted molar refractivity (Wildman–Crippen MR) is 110 cm³/mol. The van der Waals surface area contributed by atoms with E-state index in [-0.39, 0.29) is 18.5 Å². The summed E-state index contributed by atoms with van der Waals surface area (Å²) in [5.74, 6) is 5.56. The third kappa shape index (κ3) is 20.7. The monoisotopic (exact) mass is 380 g/mol. The molecule has 0 saturated heterocycles. The van der Waals surface area contributed by atoms with Crippen LogP contribution in [0.15, 0.2) is 0 Å². The van der Waals surface area contributed by atoms with E-state index < -0.39 is 0 Å². The van der Waals surface area contributed by atoms with Crippen LogP contribution in [0.4, 0.5) is 0 Å². The molecule has 0 bridgehead atoms. The van der Waals surface area contributed by atoms with E-state index >= 15 is 0 Å². The third-order valence-corrected chi connectivity index (χ3v) is 4.36. The molecule has 27 heavy (non-hydrogen) atoms. The van der Waals surface area contributed by atoms with Crippen molar-refractivity contribution in [1.82, 2.24) is 0 Å². The van der Waals surface area contributed by atoms with Crippen LogP contribution in [0.2, 0.25) is 0 Å². The number of carbonyl (C=O) groups excluding carboxylic acids is 2. The molecule has 0 N–H and O–H groups in total. The normalized spacial score (nSPS) is 10.1. The van der Waals surface area contributed by atoms with Gasteiger partial charge in [0.15, 0.2) is 6.61 Å². The first-order valence-electron chi connectivity index (χ1n) is 11.0. The van der Waals surface area contributed by atoms with E-state index in [1.165, 1.54) is 44.9 Å². The minimum absolute atomic E-state index is 0.176. The van der Waals surface area contributed by atoms with Gasteiger partial charge in [-0.1, -0.05) is 77.1 Å². The standard InChI is InChI=1S/C23H40O4/c1-3-5-7-8-9-10-11-12-13-14-17-21-27-23(25)19-16-15-18-22(24)26-20-6-4-2/h3-13,15-16,18-21H2,1-2H3. The van der Waals surface area contributed by atoms with Crippen LogP contribution < -0.4 is 0 Å². The van der Waals surface area contributed by atoms with E-state index in [2.05, 4.69) is 25.7 Å². The van der Waals surface area contributed by atoms with Gasteiger partial charge < -0.3 is 9.47 Å². The summed E-state index contributed by atoms with van der Waals surface area (Å²) in [5.41, 5.74) is 0. The first kappa shape index (κ1) is 25.5. The Labute approximate surface area is 166 Å². The Morgan fingerprint density at radius 2 is 1.19 bits per heavy atom. The highest BCUT2D eigenvalue weighted by molar-refractivity contribution is 5.70. The molecule has 4 heteroatoms. The molecule has 0 rings (SSSR count). The number of hydrogen-bond acceptors (Lipinski definition) is 4. The fraction of sp³-hybridized carbons (Fsp3) is 0.826. The van der Waals surface area contributed by atoms with Crippen LogP contribution in [0.1, 0.15) is 110 Å². The highest BCUT2D eigenvalue weighted by atomic mass is 16.5. The highest BCUT2D eigenvalue weighted by Crippen LogP contribution is 2.09. The fourth-order valence-corrected chi connectivity index (χ4v) is 2.62. The van der Waals surface area contributed by atoms with Crippen molar-refractivity contribution in [2.75, 3.05) is 13.2 Å². The fourth-order valence-electron chi connectivity index (χ4n) is 2.62. The van der Waals surface area contributed by atoms with Gasteiger partial charge in [-0.15, -0.1) is 0 Å². The summed E-state index contributed by atoms with van der Waals surface area (Å²) in [6.45, 7) is 4.97. The lowest BCUT2D eigenvalue weighted by Gasteiger charge is -2.03. The number of hydrogen-bond donors (Lipinski definition) is 0. The molecule has 0 aromatic carbocycles. The quantitative estimate of drug-likeness (QED) is 0.177. The first-order chi connectivity index (χ1) is 13.2. The third-order valence-electron chi connectivity index (χ3n) is 4.36. The van der Waals surface area contributed by atoms with E-state index in [0.29, 0.717) is 32.3 Å². The Morgan fingerprint density at radius 3 is 1.81 bits per heavy atom. The molecule has 0 aromatic rings. The topological polar surface area (TPSA) is 52.6 Å². The molecule has 0 amide bonds. The molecule has 0 aliphatic rings. The van der Waals surface area contributed by atoms with Crippen molar-refractivity contribution in [2.24, 2.45) is 0 Å². The number of unbranched alkanes of at least 4 members (excludes halogenated alkanes) is 10. The van der Waals surface area contributed by atoms with Crippen LogP contribution in [0.3, 0.4) is 0 Å². The van der Waals surface area contributed by atoms with Crippen molar-refractivity contribution >= 4 is 11.9 Å². The van der Waals surface area contributed by atoms with Crippen molar-refractivity contribution < 1.29 is 19.1 Å². The highest BCUT2D eigenvalue weighted by Gasteiger charge is 2.05. The van der Waals surface area contributed by atoms with Crippen molar-refractivity contribution in [2.45, 2.75) is 110 Å². The summed E-state index contributed by atoms with van der Waals surface area (Å²) >= 11 is 0. The van der Waals surface area contributed by atoms with Gasteiger partial charge in [-0.05, 0) is 25.7 Å². The summed E-state index contributed by atoms with van der Waals surface area (Å²) in [6.07, 6.45) is 15.2. The molecule has 0 fully saturated rings. The molecule has 0 aromatic heterocycles. The lowest BCUT2D eigenvalue weighted by atomic mass is 10.1. The Balaban J connectivity index is 3.39. The molecule has 0 spiro atoms. The van der Waals surface area contributed by atoms with Crippen LogP contribution in [-0.4, -0.2) is 25.2 Å². The average molecular weight is 381 g/mol. The zero-order valence-electron chi connectivity index (χ0n) is 17.7. The van der Waals surface area contributed by atoms with Crippen molar-refractivity contribution in [3.63, 3.8) is 0 Å². The van der Waals surface area contributed by atoms with Crippen molar-refractivity contribution in [3.8, 4) is 11.8 Å². The van der Waals surface area contributed by atoms with Crippen LogP contribution >= 0.6 is 0 Å². The van der Waals surface area contributed by atoms with Crippen molar-refractivity contribution in [1.29, 1.82) is 0 Å². The van der Waals surface area contributed by atoms with Gasteiger partial charge in [-0.25, -0.2) is 0 Å². The van der Waals surface area contributed by atoms with Gasteiger partial charge in [0.2, 0.25) is 0 Å². The molecule has 0 unspecified atom stereocenters. The van der Waals surface area contributed by atoms with E-state index in [1.54, 1.807) is 0 Å². The summed E-state index contributed by atoms with van der Waals surface area (Å²) in [6, 6.07) is 0. The van der Waals surface area contributed by atoms with Crippen LogP contribution in [0.5, 0.6) is 0 Å². The van der Waals surface area contributed by atoms with E-state index in [4.69, 9.17) is 9.47 Å². The van der Waals surface area contributed by atoms with Crippen molar-refractivity contribution in [3.05, 3.63) is 0 Å². The lowest BCUT2D eigenvalue weighted by molar-refractivity contribution is -0.145. The Morgan fingerprint density at radius 1 is 0.630 bits per heavy atom. The second kappa shape index (κ2) is 20.8. The molecular weight excluding hydrogens is 340 g/mol. The summed E-state index contributed by atoms with van der Waals surface area (Å²) in [5, 5.41) is 0. The largest absolute Gasteiger partial charge is 0.466 e. The van der Waals surface area contributed by atoms with E-state index in [1.807, 2.05) is 0 Å². The molecule has 0 aliphatic carbocycles. The minimum atomic E-state index is -0.240. The molecule has 0 saturated carbocycles. The van der Waals surface area contributed by atoms with E-state index in [0.717, 1.165) is 25.7 Å². The zero-order chi connectivity index (χ0) is 20.0. The molecule has 4 nitrogen and oxygen atoms in total. The molecule has 0 heterocycles. The maximum atomic E-state index is 11.6. The zero-order valence-corrected chi connectivity index (χ0v) is 17.7. The van der Waals surface area contributed by atoms with Gasteiger partial charge in [-0.2, -0.15) is 0 Å². The van der Waals surface area contributed by atoms with Gasteiger partial charge in [0.05, 0.1) is 6.61 Å². The Kier molecular flexibility index (Phi) is 19.7. The lowest BCUT2D eigenvalue weighted by Crippen LogP contribution is -2.07. The molecule has 0 atom stereocenters. The summed E-state index contributed by atoms with van der Waals surface area (Å²) in [4.78, 5) is 23.0. The van der Waals surface area contributed by atoms with Crippen LogP contribution in [-0.2, 0) is 19.1 Å². The second-order valence-electron chi connectivity index (χ2n) is 7.02. The summed E-state index contributed by atoms with van der Waals surface area (Å²) in [7, 11) is 0. The maximum Gasteiger partial charge on any atom is 0.306 e. The number of rotatable bonds is 17. The SMILES string of the molecule is CCCCCCCCCCC#CCOC(=O)CCCCC(=O)OCCCC. The van der Waals surface area contributed by atoms with Gasteiger partial charge in [0.1, 0.15) is 0 Å². The van der Waals surface area contributed by atoms with Gasteiger partial charge in [0.25, 0.3) is 0 Å². The first-order valence-corrected chi connectivity index (χ1v) is 11.0. The number of ether oxygens (including phenoxy) is 2. The van der Waals surface area contributed by atoms with Gasteiger partial charge >= 0.3 is 11.9 Å². The van der Waals surface area contributed by atoms with Gasteiger partial charge in [-0.3, -0.25) is 9.59 Å². The van der Waals surface area contributed by atoms with E-state index in [9.17, 15) is 9.59 Å². The molecule has 0 radical (unpaired) electrons. The number of carbonyl (C=O) groups is 2. The maximum absolute atomic E-state index is 11.6. The number of esters is 2. The average Bonchev–Trinajstić information content (AvgIpc) is 2.66. The Bertz CT molecular complexity index is 420. The summed E-state index contributed by atoms with van der Waals surface area (Å²) < 4.78 is 10.1. The van der Waals surface area contributed by atoms with Crippen LogP contribution in [0, 0.1) is 11.8 Å². The molecule has 0 aliphatic heterocycles. The second-order valence-corrected chi connectivity index (χ2v) is 7.02. The van der Waals surface area contributed by atoms with Crippen LogP contribution in [0.25, 0.3) is 0 Å². The Hall–Kier alpha value is -1.50. The van der Waals surface area contributed by atoms with Gasteiger partial charge in [0, 0.05) is 19.3 Å². The smallest absolute Gasteiger partial charge is 0.306 e.